The topological polar surface area (TPSA) is 53.6 Å². The first kappa shape index (κ1) is 17.2. The zero-order valence-electron chi connectivity index (χ0n) is 12.8. The molecule has 0 saturated heterocycles. The standard InChI is InChI=1S/C15H23N3O2S/c1-4-16-14(19)11-18(5-2)15(21)17-10-12-6-8-13(20-3)9-7-12/h6-9H,4-5,10-11H2,1-3H3,(H,16,19)(H,17,21). The van der Waals surface area contributed by atoms with Crippen molar-refractivity contribution in [2.24, 2.45) is 0 Å². The van der Waals surface area contributed by atoms with E-state index in [2.05, 4.69) is 10.6 Å². The summed E-state index contributed by atoms with van der Waals surface area (Å²) >= 11 is 5.34. The molecule has 0 unspecified atom stereocenters. The number of ether oxygens (including phenoxy) is 1. The SMILES string of the molecule is CCNC(=O)CN(CC)C(=S)NCc1ccc(OC)cc1. The minimum absolute atomic E-state index is 0.0204. The number of hydrogen-bond donors (Lipinski definition) is 2. The predicted molar refractivity (Wildman–Crippen MR) is 88.4 cm³/mol. The average molecular weight is 309 g/mol. The Morgan fingerprint density at radius 3 is 2.43 bits per heavy atom. The number of methoxy groups -OCH3 is 1. The summed E-state index contributed by atoms with van der Waals surface area (Å²) in [7, 11) is 1.64. The smallest absolute Gasteiger partial charge is 0.239 e. The molecular formula is C15H23N3O2S. The van der Waals surface area contributed by atoms with Gasteiger partial charge >= 0.3 is 0 Å². The van der Waals surface area contributed by atoms with E-state index in [0.717, 1.165) is 11.3 Å². The molecule has 0 heterocycles. The molecule has 2 N–H and O–H groups in total. The monoisotopic (exact) mass is 309 g/mol. The molecule has 0 saturated carbocycles. The Bertz CT molecular complexity index is 462. The van der Waals surface area contributed by atoms with E-state index in [4.69, 9.17) is 17.0 Å². The van der Waals surface area contributed by atoms with Crippen LogP contribution in [0.4, 0.5) is 0 Å². The first-order chi connectivity index (χ1) is 10.1. The largest absolute Gasteiger partial charge is 0.497 e. The van der Waals surface area contributed by atoms with Crippen LogP contribution in [0.1, 0.15) is 19.4 Å². The van der Waals surface area contributed by atoms with Gasteiger partial charge in [-0.25, -0.2) is 0 Å². The number of thiocarbonyl (C=S) groups is 1. The van der Waals surface area contributed by atoms with Gasteiger partial charge in [-0.05, 0) is 43.8 Å². The minimum atomic E-state index is -0.0204. The number of carbonyl (C=O) groups excluding carboxylic acids is 1. The molecule has 1 amide bonds. The molecular weight excluding hydrogens is 286 g/mol. The van der Waals surface area contributed by atoms with E-state index in [-0.39, 0.29) is 12.5 Å². The molecule has 0 radical (unpaired) electrons. The number of carbonyl (C=O) groups is 1. The molecule has 0 aliphatic heterocycles. The second kappa shape index (κ2) is 9.18. The molecule has 5 nitrogen and oxygen atoms in total. The van der Waals surface area contributed by atoms with Gasteiger partial charge in [-0.3, -0.25) is 4.79 Å². The highest BCUT2D eigenvalue weighted by Crippen LogP contribution is 2.11. The normalized spacial score (nSPS) is 9.86. The Hall–Kier alpha value is -1.82. The lowest BCUT2D eigenvalue weighted by atomic mass is 10.2. The number of likely N-dealkylation sites (N-methyl/N-ethyl adjacent to an activating group) is 2. The van der Waals surface area contributed by atoms with Crippen LogP contribution >= 0.6 is 12.2 Å². The summed E-state index contributed by atoms with van der Waals surface area (Å²) in [4.78, 5) is 13.4. The van der Waals surface area contributed by atoms with Gasteiger partial charge in [0.25, 0.3) is 0 Å². The van der Waals surface area contributed by atoms with Crippen molar-refractivity contribution in [2.75, 3.05) is 26.7 Å². The molecule has 6 heteroatoms. The molecule has 0 aliphatic carbocycles. The molecule has 116 valence electrons. The summed E-state index contributed by atoms with van der Waals surface area (Å²) < 4.78 is 5.12. The molecule has 21 heavy (non-hydrogen) atoms. The molecule has 0 aliphatic rings. The molecule has 0 spiro atoms. The number of rotatable bonds is 7. The Kier molecular flexibility index (Phi) is 7.53. The van der Waals surface area contributed by atoms with Crippen molar-refractivity contribution in [3.63, 3.8) is 0 Å². The summed E-state index contributed by atoms with van der Waals surface area (Å²) in [5.41, 5.74) is 1.10. The zero-order valence-corrected chi connectivity index (χ0v) is 13.6. The predicted octanol–water partition coefficient (Wildman–Crippen LogP) is 1.53. The maximum atomic E-state index is 11.6. The second-order valence-corrected chi connectivity index (χ2v) is 4.86. The van der Waals surface area contributed by atoms with E-state index in [0.29, 0.717) is 24.7 Å². The first-order valence-electron chi connectivity index (χ1n) is 7.03. The highest BCUT2D eigenvalue weighted by molar-refractivity contribution is 7.80. The van der Waals surface area contributed by atoms with Crippen LogP contribution < -0.4 is 15.4 Å². The van der Waals surface area contributed by atoms with E-state index in [1.807, 2.05) is 43.0 Å². The van der Waals surface area contributed by atoms with Gasteiger partial charge in [0.15, 0.2) is 5.11 Å². The van der Waals surface area contributed by atoms with Gasteiger partial charge < -0.3 is 20.3 Å². The molecule has 0 fully saturated rings. The summed E-state index contributed by atoms with van der Waals surface area (Å²) in [5.74, 6) is 0.806. The summed E-state index contributed by atoms with van der Waals surface area (Å²) in [6.07, 6.45) is 0. The van der Waals surface area contributed by atoms with Crippen LogP contribution in [0.25, 0.3) is 0 Å². The number of nitrogens with zero attached hydrogens (tertiary/aromatic N) is 1. The van der Waals surface area contributed by atoms with Crippen LogP contribution in [0.3, 0.4) is 0 Å². The van der Waals surface area contributed by atoms with E-state index < -0.39 is 0 Å². The molecule has 1 aromatic carbocycles. The van der Waals surface area contributed by atoms with Crippen LogP contribution in [-0.4, -0.2) is 42.7 Å². The average Bonchev–Trinajstić information content (AvgIpc) is 2.51. The fourth-order valence-electron chi connectivity index (χ4n) is 1.79. The maximum absolute atomic E-state index is 11.6. The van der Waals surface area contributed by atoms with Crippen molar-refractivity contribution in [1.82, 2.24) is 15.5 Å². The zero-order chi connectivity index (χ0) is 15.7. The number of nitrogens with one attached hydrogen (secondary N) is 2. The van der Waals surface area contributed by atoms with Crippen molar-refractivity contribution in [1.29, 1.82) is 0 Å². The molecule has 1 rings (SSSR count). The van der Waals surface area contributed by atoms with Gasteiger partial charge in [0.1, 0.15) is 5.75 Å². The molecule has 0 atom stereocenters. The Morgan fingerprint density at radius 2 is 1.90 bits per heavy atom. The van der Waals surface area contributed by atoms with Crippen molar-refractivity contribution in [3.8, 4) is 5.75 Å². The lowest BCUT2D eigenvalue weighted by Gasteiger charge is -2.23. The van der Waals surface area contributed by atoms with Crippen LogP contribution in [0.5, 0.6) is 5.75 Å². The van der Waals surface area contributed by atoms with Gasteiger partial charge in [-0.15, -0.1) is 0 Å². The Morgan fingerprint density at radius 1 is 1.24 bits per heavy atom. The third-order valence-electron chi connectivity index (χ3n) is 2.98. The van der Waals surface area contributed by atoms with E-state index >= 15 is 0 Å². The number of amides is 1. The van der Waals surface area contributed by atoms with Crippen molar-refractivity contribution < 1.29 is 9.53 Å². The van der Waals surface area contributed by atoms with Gasteiger partial charge in [0.05, 0.1) is 13.7 Å². The van der Waals surface area contributed by atoms with Gasteiger partial charge in [-0.1, -0.05) is 12.1 Å². The lowest BCUT2D eigenvalue weighted by molar-refractivity contribution is -0.121. The van der Waals surface area contributed by atoms with Crippen LogP contribution in [0.15, 0.2) is 24.3 Å². The molecule has 0 aromatic heterocycles. The molecule has 1 aromatic rings. The van der Waals surface area contributed by atoms with Crippen LogP contribution in [-0.2, 0) is 11.3 Å². The Labute approximate surface area is 131 Å². The fraction of sp³-hybridized carbons (Fsp3) is 0.467. The summed E-state index contributed by atoms with van der Waals surface area (Å²) in [5, 5.41) is 6.52. The van der Waals surface area contributed by atoms with Gasteiger partial charge in [0, 0.05) is 19.6 Å². The highest BCUT2D eigenvalue weighted by atomic mass is 32.1. The summed E-state index contributed by atoms with van der Waals surface area (Å²) in [6, 6.07) is 7.78. The third-order valence-corrected chi connectivity index (χ3v) is 3.38. The molecule has 0 bridgehead atoms. The Balaban J connectivity index is 2.47. The number of benzene rings is 1. The second-order valence-electron chi connectivity index (χ2n) is 4.47. The summed E-state index contributed by atoms with van der Waals surface area (Å²) in [6.45, 7) is 6.08. The van der Waals surface area contributed by atoms with Crippen LogP contribution in [0.2, 0.25) is 0 Å². The van der Waals surface area contributed by atoms with Crippen molar-refractivity contribution in [2.45, 2.75) is 20.4 Å². The first-order valence-corrected chi connectivity index (χ1v) is 7.43. The van der Waals surface area contributed by atoms with Crippen molar-refractivity contribution >= 4 is 23.2 Å². The van der Waals surface area contributed by atoms with Gasteiger partial charge in [-0.2, -0.15) is 0 Å². The highest BCUT2D eigenvalue weighted by Gasteiger charge is 2.11. The van der Waals surface area contributed by atoms with E-state index in [1.165, 1.54) is 0 Å². The van der Waals surface area contributed by atoms with Crippen LogP contribution in [0, 0.1) is 0 Å². The van der Waals surface area contributed by atoms with Crippen molar-refractivity contribution in [3.05, 3.63) is 29.8 Å². The van der Waals surface area contributed by atoms with Gasteiger partial charge in [0.2, 0.25) is 5.91 Å². The van der Waals surface area contributed by atoms with E-state index in [1.54, 1.807) is 7.11 Å². The fourth-order valence-corrected chi connectivity index (χ4v) is 2.05. The minimum Gasteiger partial charge on any atom is -0.497 e. The third kappa shape index (κ3) is 5.99. The maximum Gasteiger partial charge on any atom is 0.239 e. The lowest BCUT2D eigenvalue weighted by Crippen LogP contribution is -2.45. The van der Waals surface area contributed by atoms with E-state index in [9.17, 15) is 4.79 Å². The number of hydrogen-bond acceptors (Lipinski definition) is 3. The quantitative estimate of drug-likeness (QED) is 0.748.